The van der Waals surface area contributed by atoms with Crippen molar-refractivity contribution in [1.29, 1.82) is 0 Å². The number of carbonyl (C=O) groups is 3. The molecule has 3 N–H and O–H groups in total. The second kappa shape index (κ2) is 9.80. The van der Waals surface area contributed by atoms with Crippen LogP contribution < -0.4 is 0 Å². The van der Waals surface area contributed by atoms with E-state index < -0.39 is 34.8 Å². The van der Waals surface area contributed by atoms with E-state index in [2.05, 4.69) is 54.5 Å². The number of carbonyl (C=O) groups excluding carboxylic acids is 1. The lowest BCUT2D eigenvalue weighted by Gasteiger charge is -2.71. The molecule has 7 heteroatoms. The van der Waals surface area contributed by atoms with Crippen LogP contribution in [0.2, 0.25) is 0 Å². The Hall–Kier alpha value is -1.89. The highest BCUT2D eigenvalue weighted by Crippen LogP contribution is 2.75. The van der Waals surface area contributed by atoms with Crippen LogP contribution in [0.3, 0.4) is 0 Å². The number of allylic oxidation sites excluding steroid dienone is 2. The summed E-state index contributed by atoms with van der Waals surface area (Å²) in [4.78, 5) is 37.5. The monoisotopic (exact) mass is 600 g/mol. The SMILES string of the molecule is CC1(C)CCC2(C(=O)O)C(C1)C1=CCC3[C@@]4(C)CCC(OC(=O)CC(C)(C)C(=O)O)C(C)(C)C4CC[C@@]3(C)[C@]1(C)C[C@H]2O. The molecule has 4 saturated carbocycles. The van der Waals surface area contributed by atoms with E-state index in [4.69, 9.17) is 4.74 Å². The highest BCUT2D eigenvalue weighted by Gasteiger charge is 2.71. The van der Waals surface area contributed by atoms with Gasteiger partial charge in [0.15, 0.2) is 0 Å². The Bertz CT molecular complexity index is 1230. The molecule has 0 spiro atoms. The maximum atomic E-state index is 12.9. The van der Waals surface area contributed by atoms with E-state index >= 15 is 0 Å². The van der Waals surface area contributed by atoms with E-state index in [1.807, 2.05) is 0 Å². The molecule has 0 bridgehead atoms. The number of esters is 1. The lowest BCUT2D eigenvalue weighted by molar-refractivity contribution is -0.223. The van der Waals surface area contributed by atoms with E-state index in [0.29, 0.717) is 24.7 Å². The number of hydrogen-bond acceptors (Lipinski definition) is 5. The van der Waals surface area contributed by atoms with Gasteiger partial charge in [-0.2, -0.15) is 0 Å². The molecule has 0 saturated heterocycles. The number of aliphatic hydroxyl groups excluding tert-OH is 1. The van der Waals surface area contributed by atoms with Gasteiger partial charge in [0.1, 0.15) is 11.5 Å². The van der Waals surface area contributed by atoms with E-state index in [9.17, 15) is 29.7 Å². The Kier molecular flexibility index (Phi) is 7.41. The predicted octanol–water partition coefficient (Wildman–Crippen LogP) is 7.26. The summed E-state index contributed by atoms with van der Waals surface area (Å²) in [5.41, 5.74) is -1.64. The van der Waals surface area contributed by atoms with Crippen LogP contribution in [0.15, 0.2) is 11.6 Å². The molecule has 0 aromatic heterocycles. The van der Waals surface area contributed by atoms with Crippen molar-refractivity contribution in [2.45, 2.75) is 139 Å². The van der Waals surface area contributed by atoms with Gasteiger partial charge in [-0.1, -0.05) is 60.1 Å². The Labute approximate surface area is 258 Å². The minimum Gasteiger partial charge on any atom is -0.481 e. The standard InChI is InChI=1S/C36H56O7/c1-30(2)16-17-36(29(41)42)22(18-30)21-10-11-24-33(7)14-13-26(43-27(38)20-31(3,4)28(39)40)32(5,6)23(33)12-15-34(24,8)35(21,9)19-25(36)37/h10,22-26,37H,11-20H2,1-9H3,(H,39,40)(H,41,42)/t22?,23?,24?,25-,26?,33+,34-,35-,36?/m1/s1. The fourth-order valence-corrected chi connectivity index (χ4v) is 11.6. The third-order valence-electron chi connectivity index (χ3n) is 14.5. The molecular weight excluding hydrogens is 544 g/mol. The fraction of sp³-hybridized carbons (Fsp3) is 0.861. The zero-order chi connectivity index (χ0) is 32.2. The van der Waals surface area contributed by atoms with Crippen molar-refractivity contribution in [3.8, 4) is 0 Å². The summed E-state index contributed by atoms with van der Waals surface area (Å²) < 4.78 is 6.08. The fourth-order valence-electron chi connectivity index (χ4n) is 11.6. The number of rotatable bonds is 5. The molecule has 242 valence electrons. The molecule has 5 aliphatic carbocycles. The summed E-state index contributed by atoms with van der Waals surface area (Å²) in [5.74, 6) is -1.78. The lowest BCUT2D eigenvalue weighted by atomic mass is 9.33. The van der Waals surface area contributed by atoms with Gasteiger partial charge in [0.25, 0.3) is 0 Å². The molecule has 5 aliphatic rings. The summed E-state index contributed by atoms with van der Waals surface area (Å²) in [6, 6.07) is 0. The Morgan fingerprint density at radius 1 is 0.907 bits per heavy atom. The van der Waals surface area contributed by atoms with Crippen LogP contribution in [0, 0.1) is 55.7 Å². The number of carboxylic acid groups (broad SMARTS) is 2. The zero-order valence-corrected chi connectivity index (χ0v) is 28.0. The summed E-state index contributed by atoms with van der Waals surface area (Å²) >= 11 is 0. The minimum atomic E-state index is -1.17. The molecule has 5 rings (SSSR count). The third-order valence-corrected chi connectivity index (χ3v) is 14.5. The van der Waals surface area contributed by atoms with Gasteiger partial charge in [0.2, 0.25) is 0 Å². The average molecular weight is 601 g/mol. The van der Waals surface area contributed by atoms with E-state index in [1.165, 1.54) is 5.57 Å². The number of fused-ring (bicyclic) bond motifs is 7. The van der Waals surface area contributed by atoms with Crippen molar-refractivity contribution in [3.63, 3.8) is 0 Å². The second-order valence-corrected chi connectivity index (χ2v) is 18.0. The topological polar surface area (TPSA) is 121 Å². The first-order valence-corrected chi connectivity index (χ1v) is 16.6. The summed E-state index contributed by atoms with van der Waals surface area (Å²) in [6.45, 7) is 19.2. The molecule has 9 atom stereocenters. The Morgan fingerprint density at radius 2 is 1.56 bits per heavy atom. The molecule has 0 aromatic rings. The van der Waals surface area contributed by atoms with Crippen LogP contribution >= 0.6 is 0 Å². The van der Waals surface area contributed by atoms with Crippen LogP contribution in [0.25, 0.3) is 0 Å². The van der Waals surface area contributed by atoms with Crippen LogP contribution in [0.4, 0.5) is 0 Å². The van der Waals surface area contributed by atoms with Crippen molar-refractivity contribution < 1.29 is 34.4 Å². The van der Waals surface area contributed by atoms with Crippen molar-refractivity contribution in [2.75, 3.05) is 0 Å². The Morgan fingerprint density at radius 3 is 2.16 bits per heavy atom. The van der Waals surface area contributed by atoms with Crippen molar-refractivity contribution in [2.24, 2.45) is 55.7 Å². The molecule has 0 aromatic carbocycles. The third kappa shape index (κ3) is 4.47. The molecule has 0 radical (unpaired) electrons. The van der Waals surface area contributed by atoms with Crippen LogP contribution in [0.1, 0.15) is 127 Å². The summed E-state index contributed by atoms with van der Waals surface area (Å²) in [6.07, 6.45) is 8.22. The van der Waals surface area contributed by atoms with Crippen molar-refractivity contribution in [3.05, 3.63) is 11.6 Å². The Balaban J connectivity index is 1.47. The van der Waals surface area contributed by atoms with Gasteiger partial charge in [0, 0.05) is 5.41 Å². The van der Waals surface area contributed by atoms with Crippen molar-refractivity contribution in [1.82, 2.24) is 0 Å². The lowest BCUT2D eigenvalue weighted by Crippen LogP contribution is -2.67. The first-order chi connectivity index (χ1) is 19.6. The number of aliphatic hydroxyl groups is 1. The normalized spacial score (nSPS) is 44.9. The molecule has 0 aliphatic heterocycles. The smallest absolute Gasteiger partial charge is 0.312 e. The average Bonchev–Trinajstić information content (AvgIpc) is 2.85. The molecule has 4 fully saturated rings. The van der Waals surface area contributed by atoms with Gasteiger partial charge in [-0.3, -0.25) is 14.4 Å². The van der Waals surface area contributed by atoms with Gasteiger partial charge >= 0.3 is 17.9 Å². The van der Waals surface area contributed by atoms with Gasteiger partial charge in [-0.05, 0) is 111 Å². The van der Waals surface area contributed by atoms with Gasteiger partial charge < -0.3 is 20.1 Å². The number of hydrogen-bond donors (Lipinski definition) is 3. The van der Waals surface area contributed by atoms with Crippen molar-refractivity contribution >= 4 is 17.9 Å². The molecule has 5 unspecified atom stereocenters. The number of aliphatic carboxylic acids is 2. The predicted molar refractivity (Wildman–Crippen MR) is 164 cm³/mol. The maximum Gasteiger partial charge on any atom is 0.312 e. The van der Waals surface area contributed by atoms with Crippen LogP contribution in [-0.4, -0.2) is 45.4 Å². The molecule has 0 heterocycles. The van der Waals surface area contributed by atoms with Crippen LogP contribution in [0.5, 0.6) is 0 Å². The first kappa shape index (κ1) is 32.5. The van der Waals surface area contributed by atoms with E-state index in [-0.39, 0.29) is 45.5 Å². The van der Waals surface area contributed by atoms with Crippen LogP contribution in [-0.2, 0) is 19.1 Å². The van der Waals surface area contributed by atoms with E-state index in [1.54, 1.807) is 13.8 Å². The maximum absolute atomic E-state index is 12.9. The quantitative estimate of drug-likeness (QED) is 0.224. The summed E-state index contributed by atoms with van der Waals surface area (Å²) in [7, 11) is 0. The highest BCUT2D eigenvalue weighted by molar-refractivity contribution is 5.81. The van der Waals surface area contributed by atoms with E-state index in [0.717, 1.165) is 44.9 Å². The molecular formula is C36H56O7. The molecule has 7 nitrogen and oxygen atoms in total. The van der Waals surface area contributed by atoms with Gasteiger partial charge in [-0.15, -0.1) is 0 Å². The van der Waals surface area contributed by atoms with Gasteiger partial charge in [-0.25, -0.2) is 0 Å². The zero-order valence-electron chi connectivity index (χ0n) is 28.0. The molecule has 43 heavy (non-hydrogen) atoms. The second-order valence-electron chi connectivity index (χ2n) is 18.0. The first-order valence-electron chi connectivity index (χ1n) is 16.6. The van der Waals surface area contributed by atoms with Gasteiger partial charge in [0.05, 0.1) is 17.9 Å². The molecule has 0 amide bonds. The number of ether oxygens (including phenoxy) is 1. The summed E-state index contributed by atoms with van der Waals surface area (Å²) in [5, 5.41) is 32.0. The highest BCUT2D eigenvalue weighted by atomic mass is 16.5. The minimum absolute atomic E-state index is 0.0110. The largest absolute Gasteiger partial charge is 0.481 e. The number of carboxylic acids is 2.